The minimum Gasteiger partial charge on any atom is -0.494 e. The Hall–Kier alpha value is -3.87. The number of benzene rings is 2. The van der Waals surface area contributed by atoms with E-state index in [4.69, 9.17) is 9.47 Å². The average molecular weight is 461 g/mol. The number of pyridine rings is 1. The number of amides is 1. The molecule has 1 heterocycles. The van der Waals surface area contributed by atoms with Gasteiger partial charge in [0.1, 0.15) is 11.5 Å². The van der Waals surface area contributed by atoms with Crippen molar-refractivity contribution >= 4 is 17.6 Å². The smallest absolute Gasteiger partial charge is 0.337 e. The summed E-state index contributed by atoms with van der Waals surface area (Å²) >= 11 is 0. The molecule has 176 valence electrons. The van der Waals surface area contributed by atoms with Crippen molar-refractivity contribution < 1.29 is 24.2 Å². The zero-order chi connectivity index (χ0) is 23.8. The average Bonchev–Trinajstić information content (AvgIpc) is 3.35. The Morgan fingerprint density at radius 3 is 2.41 bits per heavy atom. The van der Waals surface area contributed by atoms with E-state index in [1.165, 1.54) is 31.7 Å². The van der Waals surface area contributed by atoms with Crippen LogP contribution in [0.1, 0.15) is 48.0 Å². The number of hydrogen-bond donors (Lipinski definition) is 2. The van der Waals surface area contributed by atoms with Crippen LogP contribution in [0.2, 0.25) is 0 Å². The van der Waals surface area contributed by atoms with Crippen molar-refractivity contribution in [2.45, 2.75) is 38.5 Å². The Bertz CT molecular complexity index is 1110. The molecule has 7 nitrogen and oxygen atoms in total. The van der Waals surface area contributed by atoms with Gasteiger partial charge in [-0.25, -0.2) is 9.78 Å². The Labute approximate surface area is 198 Å². The van der Waals surface area contributed by atoms with Crippen LogP contribution >= 0.6 is 0 Å². The second-order valence-electron chi connectivity index (χ2n) is 8.44. The predicted octanol–water partition coefficient (Wildman–Crippen LogP) is 5.71. The highest BCUT2D eigenvalue weighted by Gasteiger charge is 2.15. The predicted molar refractivity (Wildman–Crippen MR) is 129 cm³/mol. The third-order valence-electron chi connectivity index (χ3n) is 5.91. The first-order valence-electron chi connectivity index (χ1n) is 11.5. The summed E-state index contributed by atoms with van der Waals surface area (Å²) in [6.45, 7) is 0.739. The molecule has 1 aliphatic carbocycles. The molecule has 0 radical (unpaired) electrons. The molecule has 0 aliphatic heterocycles. The van der Waals surface area contributed by atoms with Crippen LogP contribution in [-0.2, 0) is 11.2 Å². The summed E-state index contributed by atoms with van der Waals surface area (Å²) in [6, 6.07) is 17.2. The van der Waals surface area contributed by atoms with Crippen LogP contribution < -0.4 is 14.8 Å². The number of aromatic nitrogens is 1. The maximum absolute atomic E-state index is 12.3. The summed E-state index contributed by atoms with van der Waals surface area (Å²) in [5.41, 5.74) is 0.991. The summed E-state index contributed by atoms with van der Waals surface area (Å²) < 4.78 is 11.6. The van der Waals surface area contributed by atoms with Gasteiger partial charge in [-0.3, -0.25) is 4.79 Å². The number of rotatable bonds is 10. The molecule has 0 saturated heterocycles. The Balaban J connectivity index is 1.25. The molecule has 0 unspecified atom stereocenters. The van der Waals surface area contributed by atoms with E-state index in [-0.39, 0.29) is 23.6 Å². The van der Waals surface area contributed by atoms with Gasteiger partial charge < -0.3 is 19.9 Å². The zero-order valence-corrected chi connectivity index (χ0v) is 18.9. The van der Waals surface area contributed by atoms with E-state index in [0.717, 1.165) is 24.7 Å². The maximum Gasteiger partial charge on any atom is 0.337 e. The molecule has 1 aliphatic rings. The standard InChI is InChI=1S/C27H28N2O5/c30-25(29-24-8-4-3-7-23(24)27(31)32)17-20-9-14-26(28-18-20)34-22-12-10-21(11-13-22)33-16-15-19-5-1-2-6-19/h3-4,7-14,18-19H,1-2,5-6,15-17H2,(H,29,30)(H,31,32). The van der Waals surface area contributed by atoms with E-state index < -0.39 is 5.97 Å². The molecule has 1 fully saturated rings. The summed E-state index contributed by atoms with van der Waals surface area (Å²) in [6.07, 6.45) is 8.09. The molecule has 1 aromatic heterocycles. The number of hydrogen-bond acceptors (Lipinski definition) is 5. The topological polar surface area (TPSA) is 97.8 Å². The summed E-state index contributed by atoms with van der Waals surface area (Å²) in [4.78, 5) is 27.9. The Kier molecular flexibility index (Phi) is 7.75. The second-order valence-corrected chi connectivity index (χ2v) is 8.44. The number of ether oxygens (including phenoxy) is 2. The first-order valence-corrected chi connectivity index (χ1v) is 11.5. The highest BCUT2D eigenvalue weighted by atomic mass is 16.5. The van der Waals surface area contributed by atoms with Crippen LogP contribution in [0, 0.1) is 5.92 Å². The maximum atomic E-state index is 12.3. The number of anilines is 1. The first kappa shape index (κ1) is 23.3. The van der Waals surface area contributed by atoms with Gasteiger partial charge in [-0.2, -0.15) is 0 Å². The molecule has 4 rings (SSSR count). The second kappa shape index (κ2) is 11.3. The molecule has 7 heteroatoms. The van der Waals surface area contributed by atoms with Gasteiger partial charge in [0, 0.05) is 12.3 Å². The lowest BCUT2D eigenvalue weighted by Crippen LogP contribution is -2.16. The molecule has 0 bridgehead atoms. The normalized spacial score (nSPS) is 13.4. The van der Waals surface area contributed by atoms with Crippen molar-refractivity contribution in [1.82, 2.24) is 4.98 Å². The van der Waals surface area contributed by atoms with E-state index >= 15 is 0 Å². The van der Waals surface area contributed by atoms with Gasteiger partial charge in [0.15, 0.2) is 0 Å². The van der Waals surface area contributed by atoms with Crippen LogP contribution in [-0.4, -0.2) is 28.6 Å². The first-order chi connectivity index (χ1) is 16.6. The summed E-state index contributed by atoms with van der Waals surface area (Å²) in [7, 11) is 0. The highest BCUT2D eigenvalue weighted by molar-refractivity contribution is 6.00. The fourth-order valence-electron chi connectivity index (χ4n) is 4.10. The summed E-state index contributed by atoms with van der Waals surface area (Å²) in [5.74, 6) is 1.27. The molecule has 2 N–H and O–H groups in total. The highest BCUT2D eigenvalue weighted by Crippen LogP contribution is 2.28. The molecule has 2 aromatic carbocycles. The van der Waals surface area contributed by atoms with Gasteiger partial charge in [-0.15, -0.1) is 0 Å². The number of carbonyl (C=O) groups excluding carboxylic acids is 1. The quantitative estimate of drug-likeness (QED) is 0.402. The number of carboxylic acid groups (broad SMARTS) is 1. The number of carboxylic acids is 1. The van der Waals surface area contributed by atoms with Crippen molar-refractivity contribution in [3.63, 3.8) is 0 Å². The molecule has 34 heavy (non-hydrogen) atoms. The van der Waals surface area contributed by atoms with Gasteiger partial charge in [-0.05, 0) is 54.3 Å². The number of nitrogens with zero attached hydrogens (tertiary/aromatic N) is 1. The molecular weight excluding hydrogens is 432 g/mol. The van der Waals surface area contributed by atoms with E-state index in [1.54, 1.807) is 36.5 Å². The Morgan fingerprint density at radius 1 is 0.971 bits per heavy atom. The number of aromatic carboxylic acids is 1. The molecular formula is C27H28N2O5. The lowest BCUT2D eigenvalue weighted by atomic mass is 10.1. The minimum atomic E-state index is -1.09. The lowest BCUT2D eigenvalue weighted by Gasteiger charge is -2.11. The third kappa shape index (κ3) is 6.57. The van der Waals surface area contributed by atoms with Crippen LogP contribution in [0.25, 0.3) is 0 Å². The van der Waals surface area contributed by atoms with Crippen LogP contribution in [0.15, 0.2) is 66.9 Å². The molecule has 3 aromatic rings. The van der Waals surface area contributed by atoms with Crippen molar-refractivity contribution in [1.29, 1.82) is 0 Å². The SMILES string of the molecule is O=C(Cc1ccc(Oc2ccc(OCCC3CCCC3)cc2)nc1)Nc1ccccc1C(=O)O. The van der Waals surface area contributed by atoms with Crippen molar-refractivity contribution in [2.24, 2.45) is 5.92 Å². The van der Waals surface area contributed by atoms with Gasteiger partial charge >= 0.3 is 5.97 Å². The van der Waals surface area contributed by atoms with Crippen LogP contribution in [0.3, 0.4) is 0 Å². The van der Waals surface area contributed by atoms with Gasteiger partial charge in [0.2, 0.25) is 11.8 Å². The third-order valence-corrected chi connectivity index (χ3v) is 5.91. The van der Waals surface area contributed by atoms with Crippen molar-refractivity contribution in [3.05, 3.63) is 78.0 Å². The van der Waals surface area contributed by atoms with E-state index in [1.807, 2.05) is 24.3 Å². The largest absolute Gasteiger partial charge is 0.494 e. The van der Waals surface area contributed by atoms with Gasteiger partial charge in [-0.1, -0.05) is 43.9 Å². The fraction of sp³-hybridized carbons (Fsp3) is 0.296. The van der Waals surface area contributed by atoms with Gasteiger partial charge in [0.25, 0.3) is 0 Å². The van der Waals surface area contributed by atoms with Crippen LogP contribution in [0.5, 0.6) is 17.4 Å². The van der Waals surface area contributed by atoms with Crippen LogP contribution in [0.4, 0.5) is 5.69 Å². The monoisotopic (exact) mass is 460 g/mol. The van der Waals surface area contributed by atoms with E-state index in [9.17, 15) is 14.7 Å². The Morgan fingerprint density at radius 2 is 1.71 bits per heavy atom. The molecule has 0 atom stereocenters. The van der Waals surface area contributed by atoms with Gasteiger partial charge in [0.05, 0.1) is 24.3 Å². The molecule has 1 saturated carbocycles. The number of carbonyl (C=O) groups is 2. The molecule has 1 amide bonds. The van der Waals surface area contributed by atoms with E-state index in [0.29, 0.717) is 17.2 Å². The number of nitrogens with one attached hydrogen (secondary N) is 1. The number of para-hydroxylation sites is 1. The summed E-state index contributed by atoms with van der Waals surface area (Å²) in [5, 5.41) is 11.9. The molecule has 0 spiro atoms. The van der Waals surface area contributed by atoms with Crippen molar-refractivity contribution in [2.75, 3.05) is 11.9 Å². The minimum absolute atomic E-state index is 0.0444. The fourth-order valence-corrected chi connectivity index (χ4v) is 4.10. The van der Waals surface area contributed by atoms with Crippen molar-refractivity contribution in [3.8, 4) is 17.4 Å². The lowest BCUT2D eigenvalue weighted by molar-refractivity contribution is -0.115. The zero-order valence-electron chi connectivity index (χ0n) is 18.9. The van der Waals surface area contributed by atoms with E-state index in [2.05, 4.69) is 10.3 Å².